The van der Waals surface area contributed by atoms with Gasteiger partial charge >= 0.3 is 0 Å². The van der Waals surface area contributed by atoms with E-state index in [9.17, 15) is 13.2 Å². The predicted octanol–water partition coefficient (Wildman–Crippen LogP) is 1.39. The SMILES string of the molecule is F[C@@H]1CCN(C2COC2)C1.Nc1nc(N)c2c(-c3ccc4nnn(CC(F)F)c4n3)ccn2n1. The lowest BCUT2D eigenvalue weighted by Crippen LogP contribution is -2.47. The minimum Gasteiger partial charge on any atom is -0.382 e. The highest BCUT2D eigenvalue weighted by molar-refractivity contribution is 5.88. The molecule has 4 aromatic heterocycles. The zero-order valence-corrected chi connectivity index (χ0v) is 18.1. The van der Waals surface area contributed by atoms with Crippen LogP contribution in [0, 0.1) is 0 Å². The standard InChI is InChI=1S/C13H11F2N9.C7H12FNO/c14-9(15)5-24-12-8(20-22-24)2-1-7(18-12)6-3-4-23-10(6)11(16)19-13(17)21-23;8-6-1-2-9(3-6)7-4-10-5-7/h1-4,9H,5H2,(H4,16,17,19,21);6-7H,1-5H2/t;6-/m.1/s1. The normalized spacial score (nSPS) is 19.0. The number of nitrogens with zero attached hydrogens (tertiary/aromatic N) is 8. The maximum Gasteiger partial charge on any atom is 0.258 e. The maximum absolute atomic E-state index is 12.6. The molecule has 0 radical (unpaired) electrons. The Balaban J connectivity index is 0.000000200. The van der Waals surface area contributed by atoms with Gasteiger partial charge in [-0.2, -0.15) is 4.98 Å². The number of hydrogen-bond donors (Lipinski definition) is 2. The van der Waals surface area contributed by atoms with Crippen LogP contribution in [0.4, 0.5) is 24.9 Å². The molecule has 4 aromatic rings. The second kappa shape index (κ2) is 9.02. The van der Waals surface area contributed by atoms with Gasteiger partial charge in [0.2, 0.25) is 5.95 Å². The van der Waals surface area contributed by atoms with Crippen LogP contribution in [0.25, 0.3) is 27.9 Å². The Bertz CT molecular complexity index is 1300. The van der Waals surface area contributed by atoms with Crippen molar-refractivity contribution in [3.05, 3.63) is 24.4 Å². The van der Waals surface area contributed by atoms with E-state index in [2.05, 4.69) is 30.3 Å². The molecule has 11 nitrogen and oxygen atoms in total. The number of fused-ring (bicyclic) bond motifs is 2. The van der Waals surface area contributed by atoms with Crippen molar-refractivity contribution in [3.63, 3.8) is 0 Å². The third-order valence-corrected chi connectivity index (χ3v) is 5.80. The average molecular weight is 476 g/mol. The van der Waals surface area contributed by atoms with Crippen LogP contribution in [0.3, 0.4) is 0 Å². The van der Waals surface area contributed by atoms with Gasteiger partial charge in [-0.1, -0.05) is 5.21 Å². The minimum atomic E-state index is -2.55. The Kier molecular flexibility index (Phi) is 5.91. The predicted molar refractivity (Wildman–Crippen MR) is 118 cm³/mol. The van der Waals surface area contributed by atoms with E-state index in [1.165, 1.54) is 4.52 Å². The van der Waals surface area contributed by atoms with Crippen LogP contribution in [0.15, 0.2) is 24.4 Å². The number of rotatable bonds is 4. The van der Waals surface area contributed by atoms with E-state index >= 15 is 0 Å². The molecule has 2 aliphatic heterocycles. The molecule has 2 fully saturated rings. The molecule has 6 rings (SSSR count). The molecule has 180 valence electrons. The van der Waals surface area contributed by atoms with Gasteiger partial charge in [-0.3, -0.25) is 4.90 Å². The molecule has 2 aliphatic rings. The highest BCUT2D eigenvalue weighted by Crippen LogP contribution is 2.28. The van der Waals surface area contributed by atoms with E-state index in [1.807, 2.05) is 0 Å². The zero-order valence-electron chi connectivity index (χ0n) is 18.1. The van der Waals surface area contributed by atoms with Crippen LogP contribution in [0.2, 0.25) is 0 Å². The number of likely N-dealkylation sites (tertiary alicyclic amines) is 1. The van der Waals surface area contributed by atoms with Gasteiger partial charge in [0.25, 0.3) is 6.43 Å². The number of hydrogen-bond acceptors (Lipinski definition) is 9. The third kappa shape index (κ3) is 4.33. The van der Waals surface area contributed by atoms with Gasteiger partial charge < -0.3 is 16.2 Å². The zero-order chi connectivity index (χ0) is 23.8. The van der Waals surface area contributed by atoms with Crippen molar-refractivity contribution in [2.75, 3.05) is 37.8 Å². The fraction of sp³-hybridized carbons (Fsp3) is 0.450. The van der Waals surface area contributed by atoms with Crippen LogP contribution in [-0.4, -0.2) is 84.4 Å². The quantitative estimate of drug-likeness (QED) is 0.447. The monoisotopic (exact) mass is 476 g/mol. The summed E-state index contributed by atoms with van der Waals surface area (Å²) in [5, 5.41) is 11.6. The lowest BCUT2D eigenvalue weighted by atomic mass is 10.2. The average Bonchev–Trinajstić information content (AvgIpc) is 3.46. The summed E-state index contributed by atoms with van der Waals surface area (Å²) in [7, 11) is 0. The summed E-state index contributed by atoms with van der Waals surface area (Å²) in [4.78, 5) is 10.5. The van der Waals surface area contributed by atoms with Gasteiger partial charge in [-0.05, 0) is 24.6 Å². The largest absolute Gasteiger partial charge is 0.382 e. The lowest BCUT2D eigenvalue weighted by molar-refractivity contribution is -0.0584. The summed E-state index contributed by atoms with van der Waals surface area (Å²) in [6, 6.07) is 5.63. The molecule has 2 saturated heterocycles. The lowest BCUT2D eigenvalue weighted by Gasteiger charge is -2.34. The number of alkyl halides is 3. The van der Waals surface area contributed by atoms with Gasteiger partial charge in [0.1, 0.15) is 23.7 Å². The molecule has 4 N–H and O–H groups in total. The first-order chi connectivity index (χ1) is 16.4. The fourth-order valence-electron chi connectivity index (χ4n) is 4.04. The summed E-state index contributed by atoms with van der Waals surface area (Å²) in [5.41, 5.74) is 13.9. The van der Waals surface area contributed by atoms with Crippen LogP contribution in [0.5, 0.6) is 0 Å². The Morgan fingerprint density at radius 2 is 1.97 bits per heavy atom. The van der Waals surface area contributed by atoms with Crippen LogP contribution in [0.1, 0.15) is 6.42 Å². The second-order valence-corrected chi connectivity index (χ2v) is 8.15. The molecule has 0 amide bonds. The van der Waals surface area contributed by atoms with Gasteiger partial charge in [0.05, 0.1) is 24.9 Å². The molecular formula is C20H23F3N10O. The summed E-state index contributed by atoms with van der Waals surface area (Å²) in [6.45, 7) is 2.61. The molecule has 0 spiro atoms. The van der Waals surface area contributed by atoms with E-state index < -0.39 is 19.1 Å². The summed E-state index contributed by atoms with van der Waals surface area (Å²) in [6.07, 6.45) is -0.751. The molecule has 34 heavy (non-hydrogen) atoms. The highest BCUT2D eigenvalue weighted by atomic mass is 19.3. The van der Waals surface area contributed by atoms with Gasteiger partial charge in [0.15, 0.2) is 11.5 Å². The van der Waals surface area contributed by atoms with E-state index in [4.69, 9.17) is 16.2 Å². The topological polar surface area (TPSA) is 138 Å². The Morgan fingerprint density at radius 3 is 2.65 bits per heavy atom. The molecule has 0 saturated carbocycles. The van der Waals surface area contributed by atoms with Crippen molar-refractivity contribution < 1.29 is 17.9 Å². The van der Waals surface area contributed by atoms with Gasteiger partial charge in [-0.15, -0.1) is 10.2 Å². The van der Waals surface area contributed by atoms with E-state index in [1.54, 1.807) is 24.4 Å². The molecule has 0 aliphatic carbocycles. The molecule has 14 heteroatoms. The third-order valence-electron chi connectivity index (χ3n) is 5.80. The number of nitrogens with two attached hydrogens (primary N) is 2. The first-order valence-electron chi connectivity index (χ1n) is 10.7. The van der Waals surface area contributed by atoms with Crippen molar-refractivity contribution >= 4 is 28.4 Å². The number of aromatic nitrogens is 7. The fourth-order valence-corrected chi connectivity index (χ4v) is 4.04. The first-order valence-corrected chi connectivity index (χ1v) is 10.7. The number of halogens is 3. The van der Waals surface area contributed by atoms with Gasteiger partial charge in [-0.25, -0.2) is 27.4 Å². The molecule has 0 aromatic carbocycles. The summed E-state index contributed by atoms with van der Waals surface area (Å²) in [5.74, 6) is 0.244. The summed E-state index contributed by atoms with van der Waals surface area (Å²) < 4.78 is 45.5. The minimum absolute atomic E-state index is 0.0461. The Hall–Kier alpha value is -3.52. The Labute approximate surface area is 191 Å². The van der Waals surface area contributed by atoms with Crippen LogP contribution in [-0.2, 0) is 11.3 Å². The smallest absolute Gasteiger partial charge is 0.258 e. The second-order valence-electron chi connectivity index (χ2n) is 8.15. The number of ether oxygens (including phenoxy) is 1. The number of anilines is 2. The van der Waals surface area contributed by atoms with Crippen molar-refractivity contribution in [1.29, 1.82) is 0 Å². The molecule has 6 heterocycles. The molecule has 0 bridgehead atoms. The van der Waals surface area contributed by atoms with Crippen molar-refractivity contribution in [3.8, 4) is 11.3 Å². The first kappa shape index (κ1) is 22.3. The summed E-state index contributed by atoms with van der Waals surface area (Å²) >= 11 is 0. The number of nitrogen functional groups attached to an aromatic ring is 2. The van der Waals surface area contributed by atoms with E-state index in [0.29, 0.717) is 34.9 Å². The van der Waals surface area contributed by atoms with E-state index in [0.717, 1.165) is 30.9 Å². The maximum atomic E-state index is 12.6. The molecular weight excluding hydrogens is 453 g/mol. The van der Waals surface area contributed by atoms with Crippen LogP contribution < -0.4 is 11.5 Å². The van der Waals surface area contributed by atoms with Crippen molar-refractivity contribution in [1.82, 2.24) is 39.5 Å². The number of pyridine rings is 1. The molecule has 0 unspecified atom stereocenters. The van der Waals surface area contributed by atoms with Crippen molar-refractivity contribution in [2.45, 2.75) is 31.6 Å². The highest BCUT2D eigenvalue weighted by Gasteiger charge is 2.32. The Morgan fingerprint density at radius 1 is 1.15 bits per heavy atom. The van der Waals surface area contributed by atoms with Crippen molar-refractivity contribution in [2.24, 2.45) is 0 Å². The molecule has 1 atom stereocenters. The van der Waals surface area contributed by atoms with Gasteiger partial charge in [0, 0.05) is 24.8 Å². The van der Waals surface area contributed by atoms with Crippen LogP contribution >= 0.6 is 0 Å². The van der Waals surface area contributed by atoms with E-state index in [-0.39, 0.29) is 17.4 Å².